The summed E-state index contributed by atoms with van der Waals surface area (Å²) in [5.41, 5.74) is 1.79. The van der Waals surface area contributed by atoms with Crippen LogP contribution in [0, 0.1) is 22.2 Å². The lowest BCUT2D eigenvalue weighted by Gasteiger charge is -2.63. The van der Waals surface area contributed by atoms with Gasteiger partial charge in [-0.2, -0.15) is 5.26 Å². The van der Waals surface area contributed by atoms with E-state index in [-0.39, 0.29) is 52.9 Å². The highest BCUT2D eigenvalue weighted by atomic mass is 35.5. The average Bonchev–Trinajstić information content (AvgIpc) is 3.43. The molecule has 1 aliphatic carbocycles. The van der Waals surface area contributed by atoms with Crippen LogP contribution in [0.5, 0.6) is 11.5 Å². The zero-order valence-electron chi connectivity index (χ0n) is 32.6. The number of anilines is 1. The SMILES string of the molecule is CC1(C)[C@H](NC(=O)c2ccc(N3CCN(CCCCOc4ccc5c(c4)C(=O)N(C4CCC(=O)NC4=O)C5=O)CC3)cc2)C(C)(C)[C@H]1Oc1ccc(C#N)c(Cl)c1. The van der Waals surface area contributed by atoms with Crippen molar-refractivity contribution in [2.45, 2.75) is 71.6 Å². The number of piperazine rings is 1. The van der Waals surface area contributed by atoms with Gasteiger partial charge in [0.2, 0.25) is 11.8 Å². The molecule has 7 rings (SSSR count). The highest BCUT2D eigenvalue weighted by molar-refractivity contribution is 6.31. The Morgan fingerprint density at radius 1 is 0.895 bits per heavy atom. The van der Waals surface area contributed by atoms with E-state index in [4.69, 9.17) is 21.1 Å². The number of ether oxygens (including phenoxy) is 2. The van der Waals surface area contributed by atoms with Crippen LogP contribution in [0.4, 0.5) is 5.69 Å². The van der Waals surface area contributed by atoms with Crippen LogP contribution in [-0.2, 0) is 9.59 Å². The van der Waals surface area contributed by atoms with E-state index < -0.39 is 29.7 Å². The fourth-order valence-electron chi connectivity index (χ4n) is 9.03. The summed E-state index contributed by atoms with van der Waals surface area (Å²) in [5, 5.41) is 15.0. The predicted molar refractivity (Wildman–Crippen MR) is 212 cm³/mol. The molecular formula is C43H47ClN6O7. The van der Waals surface area contributed by atoms with Gasteiger partial charge >= 0.3 is 0 Å². The third-order valence-corrected chi connectivity index (χ3v) is 12.2. The second-order valence-corrected chi connectivity index (χ2v) is 16.8. The Labute approximate surface area is 337 Å². The van der Waals surface area contributed by atoms with Crippen molar-refractivity contribution in [2.24, 2.45) is 10.8 Å². The largest absolute Gasteiger partial charge is 0.494 e. The number of carbonyl (C=O) groups is 5. The Morgan fingerprint density at radius 2 is 1.58 bits per heavy atom. The summed E-state index contributed by atoms with van der Waals surface area (Å²) in [7, 11) is 0. The number of hydrogen-bond donors (Lipinski definition) is 2. The first-order chi connectivity index (χ1) is 27.2. The van der Waals surface area contributed by atoms with Crippen LogP contribution in [0.25, 0.3) is 0 Å². The fraction of sp³-hybridized carbons (Fsp3) is 0.442. The Kier molecular flexibility index (Phi) is 11.0. The Balaban J connectivity index is 0.826. The maximum atomic E-state index is 13.4. The minimum atomic E-state index is -1.00. The number of fused-ring (bicyclic) bond motifs is 1. The van der Waals surface area contributed by atoms with Gasteiger partial charge in [-0.15, -0.1) is 0 Å². The number of amides is 5. The summed E-state index contributed by atoms with van der Waals surface area (Å²) < 4.78 is 12.3. The van der Waals surface area contributed by atoms with Crippen LogP contribution in [0.1, 0.15) is 90.0 Å². The molecule has 3 aromatic carbocycles. The van der Waals surface area contributed by atoms with E-state index in [0.717, 1.165) is 56.2 Å². The van der Waals surface area contributed by atoms with Crippen molar-refractivity contribution < 1.29 is 33.4 Å². The summed E-state index contributed by atoms with van der Waals surface area (Å²) in [6.45, 7) is 13.3. The van der Waals surface area contributed by atoms with E-state index in [1.807, 2.05) is 24.3 Å². The van der Waals surface area contributed by atoms with Gasteiger partial charge < -0.3 is 19.7 Å². The quantitative estimate of drug-likeness (QED) is 0.184. The number of benzene rings is 3. The lowest BCUT2D eigenvalue weighted by molar-refractivity contribution is -0.164. The number of nitriles is 1. The summed E-state index contributed by atoms with van der Waals surface area (Å²) in [4.78, 5) is 69.1. The van der Waals surface area contributed by atoms with E-state index in [2.05, 4.69) is 54.2 Å². The number of halogens is 1. The van der Waals surface area contributed by atoms with Crippen molar-refractivity contribution in [2.75, 3.05) is 44.2 Å². The molecule has 3 heterocycles. The van der Waals surface area contributed by atoms with Crippen LogP contribution >= 0.6 is 11.6 Å². The Morgan fingerprint density at radius 3 is 2.25 bits per heavy atom. The van der Waals surface area contributed by atoms with Crippen molar-refractivity contribution in [3.63, 3.8) is 0 Å². The van der Waals surface area contributed by atoms with Crippen molar-refractivity contribution >= 4 is 46.8 Å². The second kappa shape index (κ2) is 15.8. The van der Waals surface area contributed by atoms with Gasteiger partial charge in [-0.3, -0.25) is 39.1 Å². The molecule has 3 aliphatic heterocycles. The molecule has 4 aliphatic rings. The van der Waals surface area contributed by atoms with Gasteiger partial charge in [0.1, 0.15) is 29.7 Å². The molecule has 3 aromatic rings. The third kappa shape index (κ3) is 7.81. The van der Waals surface area contributed by atoms with Crippen LogP contribution in [-0.4, -0.2) is 96.9 Å². The smallest absolute Gasteiger partial charge is 0.262 e. The summed E-state index contributed by atoms with van der Waals surface area (Å²) >= 11 is 6.24. The van der Waals surface area contributed by atoms with E-state index in [1.54, 1.807) is 36.4 Å². The number of carbonyl (C=O) groups excluding carboxylic acids is 5. The number of imide groups is 2. The summed E-state index contributed by atoms with van der Waals surface area (Å²) in [5.74, 6) is -1.19. The molecule has 1 unspecified atom stereocenters. The van der Waals surface area contributed by atoms with Crippen molar-refractivity contribution in [3.05, 3.63) is 87.9 Å². The van der Waals surface area contributed by atoms with Gasteiger partial charge in [-0.1, -0.05) is 39.3 Å². The van der Waals surface area contributed by atoms with Crippen molar-refractivity contribution in [1.82, 2.24) is 20.4 Å². The number of piperidine rings is 1. The normalized spacial score (nSPS) is 22.6. The molecule has 2 N–H and O–H groups in total. The van der Waals surface area contributed by atoms with Gasteiger partial charge in [0.25, 0.3) is 17.7 Å². The molecule has 14 heteroatoms. The summed E-state index contributed by atoms with van der Waals surface area (Å²) in [6.07, 6.45) is 1.74. The number of unbranched alkanes of at least 4 members (excludes halogenated alkanes) is 1. The molecule has 13 nitrogen and oxygen atoms in total. The lowest BCUT2D eigenvalue weighted by atomic mass is 9.49. The molecule has 0 bridgehead atoms. The van der Waals surface area contributed by atoms with E-state index in [9.17, 15) is 29.2 Å². The Bertz CT molecular complexity index is 2120. The van der Waals surface area contributed by atoms with E-state index in [0.29, 0.717) is 34.3 Å². The van der Waals surface area contributed by atoms with Crippen LogP contribution in [0.2, 0.25) is 5.02 Å². The number of nitrogens with zero attached hydrogens (tertiary/aromatic N) is 4. The van der Waals surface area contributed by atoms with Gasteiger partial charge in [0.15, 0.2) is 0 Å². The maximum absolute atomic E-state index is 13.4. The van der Waals surface area contributed by atoms with Gasteiger partial charge in [0.05, 0.1) is 28.3 Å². The van der Waals surface area contributed by atoms with Crippen LogP contribution in [0.3, 0.4) is 0 Å². The van der Waals surface area contributed by atoms with Gasteiger partial charge in [-0.25, -0.2) is 0 Å². The average molecular weight is 795 g/mol. The minimum absolute atomic E-state index is 0.0717. The maximum Gasteiger partial charge on any atom is 0.262 e. The van der Waals surface area contributed by atoms with Crippen LogP contribution in [0.15, 0.2) is 60.7 Å². The molecule has 3 fully saturated rings. The Hall–Kier alpha value is -5.45. The molecule has 0 radical (unpaired) electrons. The fourth-order valence-corrected chi connectivity index (χ4v) is 9.24. The third-order valence-electron chi connectivity index (χ3n) is 11.8. The zero-order valence-corrected chi connectivity index (χ0v) is 33.4. The second-order valence-electron chi connectivity index (χ2n) is 16.4. The lowest BCUT2D eigenvalue weighted by Crippen LogP contribution is -2.74. The number of nitrogens with one attached hydrogen (secondary N) is 2. The van der Waals surface area contributed by atoms with Gasteiger partial charge in [0, 0.05) is 66.8 Å². The first-order valence-corrected chi connectivity index (χ1v) is 19.8. The van der Waals surface area contributed by atoms with Gasteiger partial charge in [-0.05, 0) is 80.4 Å². The molecule has 2 saturated heterocycles. The molecule has 0 spiro atoms. The summed E-state index contributed by atoms with van der Waals surface area (Å²) in [6, 6.07) is 18.5. The topological polar surface area (TPSA) is 161 Å². The molecular weight excluding hydrogens is 748 g/mol. The highest BCUT2D eigenvalue weighted by Crippen LogP contribution is 2.55. The van der Waals surface area contributed by atoms with E-state index >= 15 is 0 Å². The molecule has 1 atom stereocenters. The minimum Gasteiger partial charge on any atom is -0.494 e. The van der Waals surface area contributed by atoms with E-state index in [1.165, 1.54) is 0 Å². The number of hydrogen-bond acceptors (Lipinski definition) is 10. The van der Waals surface area contributed by atoms with Crippen molar-refractivity contribution in [1.29, 1.82) is 5.26 Å². The van der Waals surface area contributed by atoms with Crippen molar-refractivity contribution in [3.8, 4) is 17.6 Å². The molecule has 1 saturated carbocycles. The molecule has 298 valence electrons. The standard InChI is InChI=1S/C43H47ClN6O7/c1-42(2)40(43(3,4)41(42)57-30-12-9-27(25-45)33(44)24-30)47-36(52)26-7-10-28(11-8-26)49-20-18-48(19-21-49)17-5-6-22-56-29-13-14-31-32(23-29)39(55)50(38(31)54)34-15-16-35(51)46-37(34)53/h7-14,23-24,34,40-41H,5-6,15-22H2,1-4H3,(H,47,52)(H,46,51,53)/t34?,40-,41-. The van der Waals surface area contributed by atoms with Crippen LogP contribution < -0.4 is 25.0 Å². The first kappa shape index (κ1) is 39.8. The monoisotopic (exact) mass is 794 g/mol. The predicted octanol–water partition coefficient (Wildman–Crippen LogP) is 5.21. The number of rotatable bonds is 12. The molecule has 57 heavy (non-hydrogen) atoms. The first-order valence-electron chi connectivity index (χ1n) is 19.4. The zero-order chi connectivity index (χ0) is 40.6. The molecule has 5 amide bonds. The molecule has 0 aromatic heterocycles. The highest BCUT2D eigenvalue weighted by Gasteiger charge is 2.64.